The Labute approximate surface area is 110 Å². The first-order chi connectivity index (χ1) is 8.18. The van der Waals surface area contributed by atoms with Gasteiger partial charge in [0.1, 0.15) is 16.5 Å². The Morgan fingerprint density at radius 2 is 1.76 bits per heavy atom. The molecule has 2 aromatic rings. The molecule has 0 bridgehead atoms. The van der Waals surface area contributed by atoms with Crippen LogP contribution in [-0.4, -0.2) is 4.99 Å². The van der Waals surface area contributed by atoms with Crippen LogP contribution in [0, 0.1) is 0 Å². The Morgan fingerprint density at radius 1 is 1.06 bits per heavy atom. The Kier molecular flexibility index (Phi) is 3.61. The van der Waals surface area contributed by atoms with Crippen LogP contribution in [0.3, 0.4) is 0 Å². The summed E-state index contributed by atoms with van der Waals surface area (Å²) in [5, 5.41) is 0.492. The maximum atomic E-state index is 6.04. The summed E-state index contributed by atoms with van der Waals surface area (Å²) in [6.07, 6.45) is 0. The van der Waals surface area contributed by atoms with Crippen LogP contribution < -0.4 is 10.5 Å². The minimum absolute atomic E-state index is 0.224. The lowest BCUT2D eigenvalue weighted by molar-refractivity contribution is 0.482. The van der Waals surface area contributed by atoms with Crippen molar-refractivity contribution in [2.75, 3.05) is 0 Å². The molecule has 86 valence electrons. The number of rotatable bonds is 3. The highest BCUT2D eigenvalue weighted by atomic mass is 35.5. The lowest BCUT2D eigenvalue weighted by atomic mass is 10.2. The van der Waals surface area contributed by atoms with Crippen molar-refractivity contribution in [3.8, 4) is 11.5 Å². The predicted octanol–water partition coefficient (Wildman–Crippen LogP) is 3.77. The van der Waals surface area contributed by atoms with Gasteiger partial charge in [-0.05, 0) is 24.3 Å². The van der Waals surface area contributed by atoms with Gasteiger partial charge in [0, 0.05) is 0 Å². The van der Waals surface area contributed by atoms with Crippen LogP contribution in [0.15, 0.2) is 48.5 Å². The lowest BCUT2D eigenvalue weighted by Crippen LogP contribution is -2.11. The third-order valence-corrected chi connectivity index (χ3v) is 2.71. The van der Waals surface area contributed by atoms with E-state index in [1.807, 2.05) is 30.3 Å². The van der Waals surface area contributed by atoms with Crippen molar-refractivity contribution in [3.05, 3.63) is 59.1 Å². The van der Waals surface area contributed by atoms with Crippen molar-refractivity contribution >= 4 is 28.8 Å². The van der Waals surface area contributed by atoms with Gasteiger partial charge in [0.15, 0.2) is 0 Å². The van der Waals surface area contributed by atoms with Crippen molar-refractivity contribution in [2.45, 2.75) is 0 Å². The molecular weight excluding hydrogens is 254 g/mol. The number of thiocarbonyl (C=S) groups is 1. The van der Waals surface area contributed by atoms with E-state index in [2.05, 4.69) is 0 Å². The molecule has 0 aliphatic rings. The molecule has 0 saturated carbocycles. The molecule has 0 saturated heterocycles. The van der Waals surface area contributed by atoms with E-state index in [0.29, 0.717) is 22.1 Å². The molecule has 4 heteroatoms. The molecule has 17 heavy (non-hydrogen) atoms. The van der Waals surface area contributed by atoms with Crippen LogP contribution in [0.4, 0.5) is 0 Å². The first-order valence-corrected chi connectivity index (χ1v) is 5.78. The Morgan fingerprint density at radius 3 is 2.41 bits per heavy atom. The van der Waals surface area contributed by atoms with Crippen LogP contribution in [0.5, 0.6) is 11.5 Å². The van der Waals surface area contributed by atoms with E-state index >= 15 is 0 Å². The normalized spacial score (nSPS) is 9.94. The van der Waals surface area contributed by atoms with E-state index in [1.165, 1.54) is 0 Å². The number of hydrogen-bond acceptors (Lipinski definition) is 2. The summed E-state index contributed by atoms with van der Waals surface area (Å²) in [4.78, 5) is 0.224. The van der Waals surface area contributed by atoms with Gasteiger partial charge in [-0.3, -0.25) is 0 Å². The highest BCUT2D eigenvalue weighted by molar-refractivity contribution is 7.80. The summed E-state index contributed by atoms with van der Waals surface area (Å²) in [7, 11) is 0. The molecule has 0 unspecified atom stereocenters. The molecule has 0 aliphatic carbocycles. The molecule has 0 spiro atoms. The fourth-order valence-electron chi connectivity index (χ4n) is 1.44. The predicted molar refractivity (Wildman–Crippen MR) is 73.9 cm³/mol. The summed E-state index contributed by atoms with van der Waals surface area (Å²) in [6.45, 7) is 0. The van der Waals surface area contributed by atoms with Crippen molar-refractivity contribution < 1.29 is 4.74 Å². The topological polar surface area (TPSA) is 35.2 Å². The molecular formula is C13H10ClNOS. The van der Waals surface area contributed by atoms with Crippen LogP contribution in [0.1, 0.15) is 5.56 Å². The van der Waals surface area contributed by atoms with Crippen molar-refractivity contribution in [1.82, 2.24) is 0 Å². The Hall–Kier alpha value is -1.58. The number of para-hydroxylation sites is 1. The Bertz CT molecular complexity index is 542. The SMILES string of the molecule is NC(=S)c1c(Cl)cccc1Oc1ccccc1. The Balaban J connectivity index is 2.40. The number of benzene rings is 2. The monoisotopic (exact) mass is 263 g/mol. The van der Waals surface area contributed by atoms with Gasteiger partial charge in [-0.25, -0.2) is 0 Å². The van der Waals surface area contributed by atoms with E-state index in [-0.39, 0.29) is 4.99 Å². The fourth-order valence-corrected chi connectivity index (χ4v) is 1.98. The van der Waals surface area contributed by atoms with Gasteiger partial charge in [-0.2, -0.15) is 0 Å². The van der Waals surface area contributed by atoms with E-state index in [0.717, 1.165) is 0 Å². The summed E-state index contributed by atoms with van der Waals surface area (Å²) in [5.41, 5.74) is 6.20. The zero-order valence-electron chi connectivity index (χ0n) is 8.89. The minimum Gasteiger partial charge on any atom is -0.457 e. The van der Waals surface area contributed by atoms with E-state index in [1.54, 1.807) is 18.2 Å². The highest BCUT2D eigenvalue weighted by Gasteiger charge is 2.11. The first-order valence-electron chi connectivity index (χ1n) is 4.99. The van der Waals surface area contributed by atoms with Gasteiger partial charge in [-0.15, -0.1) is 0 Å². The molecule has 0 fully saturated rings. The van der Waals surface area contributed by atoms with E-state index in [9.17, 15) is 0 Å². The third kappa shape index (κ3) is 2.75. The maximum absolute atomic E-state index is 6.04. The molecule has 0 aliphatic heterocycles. The molecule has 2 nitrogen and oxygen atoms in total. The van der Waals surface area contributed by atoms with Gasteiger partial charge in [0.2, 0.25) is 0 Å². The zero-order valence-corrected chi connectivity index (χ0v) is 10.5. The van der Waals surface area contributed by atoms with Crippen molar-refractivity contribution in [3.63, 3.8) is 0 Å². The second-order valence-electron chi connectivity index (χ2n) is 3.39. The summed E-state index contributed by atoms with van der Waals surface area (Å²) in [5.74, 6) is 1.28. The highest BCUT2D eigenvalue weighted by Crippen LogP contribution is 2.30. The molecule has 0 atom stereocenters. The second-order valence-corrected chi connectivity index (χ2v) is 4.24. The van der Waals surface area contributed by atoms with E-state index in [4.69, 9.17) is 34.3 Å². The van der Waals surface area contributed by atoms with Crippen LogP contribution in [0.2, 0.25) is 5.02 Å². The minimum atomic E-state index is 0.224. The maximum Gasteiger partial charge on any atom is 0.139 e. The average molecular weight is 264 g/mol. The third-order valence-electron chi connectivity index (χ3n) is 2.19. The molecule has 0 heterocycles. The second kappa shape index (κ2) is 5.17. The van der Waals surface area contributed by atoms with Crippen LogP contribution in [0.25, 0.3) is 0 Å². The molecule has 0 aromatic heterocycles. The molecule has 2 N–H and O–H groups in total. The number of ether oxygens (including phenoxy) is 1. The molecule has 2 aromatic carbocycles. The average Bonchev–Trinajstić information content (AvgIpc) is 2.30. The molecule has 2 rings (SSSR count). The number of halogens is 1. The van der Waals surface area contributed by atoms with Crippen LogP contribution in [-0.2, 0) is 0 Å². The number of hydrogen-bond donors (Lipinski definition) is 1. The van der Waals surface area contributed by atoms with Gasteiger partial charge in [-0.1, -0.05) is 48.1 Å². The van der Waals surface area contributed by atoms with Crippen molar-refractivity contribution in [1.29, 1.82) is 0 Å². The summed E-state index contributed by atoms with van der Waals surface area (Å²) in [6, 6.07) is 14.7. The van der Waals surface area contributed by atoms with E-state index < -0.39 is 0 Å². The van der Waals surface area contributed by atoms with Crippen molar-refractivity contribution in [2.24, 2.45) is 5.73 Å². The van der Waals surface area contributed by atoms with Gasteiger partial charge >= 0.3 is 0 Å². The lowest BCUT2D eigenvalue weighted by Gasteiger charge is -2.11. The summed E-state index contributed by atoms with van der Waals surface area (Å²) < 4.78 is 5.70. The fraction of sp³-hybridized carbons (Fsp3) is 0. The molecule has 0 radical (unpaired) electrons. The number of nitrogens with two attached hydrogens (primary N) is 1. The first kappa shape index (κ1) is 11.9. The largest absolute Gasteiger partial charge is 0.457 e. The molecule has 0 amide bonds. The van der Waals surface area contributed by atoms with Gasteiger partial charge in [0.25, 0.3) is 0 Å². The standard InChI is InChI=1S/C13H10ClNOS/c14-10-7-4-8-11(12(10)13(15)17)16-9-5-2-1-3-6-9/h1-8H,(H2,15,17). The quantitative estimate of drug-likeness (QED) is 0.857. The zero-order chi connectivity index (χ0) is 12.3. The van der Waals surface area contributed by atoms with Gasteiger partial charge in [0.05, 0.1) is 10.6 Å². The summed E-state index contributed by atoms with van der Waals surface area (Å²) >= 11 is 11.0. The van der Waals surface area contributed by atoms with Gasteiger partial charge < -0.3 is 10.5 Å². The van der Waals surface area contributed by atoms with Crippen LogP contribution >= 0.6 is 23.8 Å². The smallest absolute Gasteiger partial charge is 0.139 e.